The monoisotopic (exact) mass is 392 g/mol. The third-order valence-electron chi connectivity index (χ3n) is 4.48. The van der Waals surface area contributed by atoms with Gasteiger partial charge in [0, 0.05) is 18.8 Å². The van der Waals surface area contributed by atoms with Gasteiger partial charge in [0.05, 0.1) is 38.0 Å². The maximum Gasteiger partial charge on any atom is 0.262 e. The Labute approximate surface area is 159 Å². The summed E-state index contributed by atoms with van der Waals surface area (Å²) in [5.74, 6) is 1.10. The number of hydrogen-bond donors (Lipinski definition) is 1. The highest BCUT2D eigenvalue weighted by molar-refractivity contribution is 7.92. The van der Waals surface area contributed by atoms with Gasteiger partial charge in [-0.15, -0.1) is 0 Å². The highest BCUT2D eigenvalue weighted by atomic mass is 32.2. The first-order chi connectivity index (χ1) is 12.9. The predicted molar refractivity (Wildman–Crippen MR) is 105 cm³/mol. The molecule has 0 radical (unpaired) electrons. The van der Waals surface area contributed by atoms with E-state index in [4.69, 9.17) is 14.2 Å². The third-order valence-corrected chi connectivity index (χ3v) is 5.84. The van der Waals surface area contributed by atoms with Gasteiger partial charge in [-0.2, -0.15) is 0 Å². The Morgan fingerprint density at radius 1 is 1.00 bits per heavy atom. The molecule has 3 rings (SSSR count). The number of aryl methyl sites for hydroxylation is 1. The van der Waals surface area contributed by atoms with Crippen LogP contribution in [0.5, 0.6) is 11.5 Å². The van der Waals surface area contributed by atoms with Gasteiger partial charge in [-0.3, -0.25) is 4.72 Å². The number of sulfonamides is 1. The van der Waals surface area contributed by atoms with Gasteiger partial charge in [0.2, 0.25) is 0 Å². The molecule has 0 atom stereocenters. The molecule has 0 spiro atoms. The predicted octanol–water partition coefficient (Wildman–Crippen LogP) is 2.65. The smallest absolute Gasteiger partial charge is 0.262 e. The Morgan fingerprint density at radius 3 is 2.30 bits per heavy atom. The summed E-state index contributed by atoms with van der Waals surface area (Å²) in [7, 11) is -0.704. The molecule has 1 fully saturated rings. The summed E-state index contributed by atoms with van der Waals surface area (Å²) in [6, 6.07) is 10.2. The summed E-state index contributed by atoms with van der Waals surface area (Å²) in [6.07, 6.45) is 0. The van der Waals surface area contributed by atoms with Crippen molar-refractivity contribution in [2.24, 2.45) is 0 Å². The lowest BCUT2D eigenvalue weighted by Gasteiger charge is -2.29. The summed E-state index contributed by atoms with van der Waals surface area (Å²) in [4.78, 5) is 2.32. The van der Waals surface area contributed by atoms with Crippen LogP contribution in [0.2, 0.25) is 0 Å². The van der Waals surface area contributed by atoms with E-state index in [-0.39, 0.29) is 4.90 Å². The number of hydrogen-bond acceptors (Lipinski definition) is 6. The van der Waals surface area contributed by atoms with Gasteiger partial charge in [-0.25, -0.2) is 8.42 Å². The molecule has 8 heteroatoms. The minimum Gasteiger partial charge on any atom is -0.496 e. The van der Waals surface area contributed by atoms with E-state index in [1.165, 1.54) is 13.2 Å². The first kappa shape index (κ1) is 19.3. The lowest BCUT2D eigenvalue weighted by molar-refractivity contribution is 0.122. The van der Waals surface area contributed by atoms with Crippen LogP contribution >= 0.6 is 0 Å². The van der Waals surface area contributed by atoms with E-state index in [2.05, 4.69) is 9.62 Å². The fourth-order valence-electron chi connectivity index (χ4n) is 3.02. The number of benzene rings is 2. The molecule has 1 heterocycles. The van der Waals surface area contributed by atoms with E-state index in [0.29, 0.717) is 30.4 Å². The van der Waals surface area contributed by atoms with Crippen LogP contribution in [0.1, 0.15) is 5.56 Å². The largest absolute Gasteiger partial charge is 0.496 e. The van der Waals surface area contributed by atoms with Crippen molar-refractivity contribution >= 4 is 21.4 Å². The minimum absolute atomic E-state index is 0.166. The molecule has 7 nitrogen and oxygen atoms in total. The van der Waals surface area contributed by atoms with E-state index < -0.39 is 10.0 Å². The molecule has 0 bridgehead atoms. The van der Waals surface area contributed by atoms with Crippen LogP contribution in [-0.4, -0.2) is 48.9 Å². The second-order valence-electron chi connectivity index (χ2n) is 6.22. The third kappa shape index (κ3) is 4.28. The van der Waals surface area contributed by atoms with Crippen molar-refractivity contribution < 1.29 is 22.6 Å². The SMILES string of the molecule is COc1ccc(S(=O)(=O)Nc2cc(N3CCOCC3)ccc2OC)cc1C. The molecule has 2 aromatic rings. The van der Waals surface area contributed by atoms with Crippen LogP contribution in [0, 0.1) is 6.92 Å². The summed E-state index contributed by atoms with van der Waals surface area (Å²) in [6.45, 7) is 4.63. The second kappa shape index (κ2) is 8.06. The highest BCUT2D eigenvalue weighted by Gasteiger charge is 2.20. The molecule has 1 N–H and O–H groups in total. The van der Waals surface area contributed by atoms with Crippen molar-refractivity contribution in [1.29, 1.82) is 0 Å². The molecular weight excluding hydrogens is 368 g/mol. The first-order valence-electron chi connectivity index (χ1n) is 8.63. The number of morpholine rings is 1. The van der Waals surface area contributed by atoms with Gasteiger partial charge in [0.1, 0.15) is 11.5 Å². The maximum atomic E-state index is 12.9. The van der Waals surface area contributed by atoms with Crippen LogP contribution in [-0.2, 0) is 14.8 Å². The van der Waals surface area contributed by atoms with E-state index in [0.717, 1.165) is 24.3 Å². The summed E-state index contributed by atoms with van der Waals surface area (Å²) in [5, 5.41) is 0. The molecule has 0 aliphatic carbocycles. The molecule has 0 aromatic heterocycles. The van der Waals surface area contributed by atoms with Gasteiger partial charge >= 0.3 is 0 Å². The molecule has 1 saturated heterocycles. The number of nitrogens with one attached hydrogen (secondary N) is 1. The Kier molecular flexibility index (Phi) is 5.76. The van der Waals surface area contributed by atoms with E-state index in [1.807, 2.05) is 6.07 Å². The number of ether oxygens (including phenoxy) is 3. The summed E-state index contributed by atoms with van der Waals surface area (Å²) < 4.78 is 44.3. The minimum atomic E-state index is -3.77. The van der Waals surface area contributed by atoms with E-state index in [1.54, 1.807) is 38.3 Å². The van der Waals surface area contributed by atoms with Gasteiger partial charge in [-0.1, -0.05) is 0 Å². The van der Waals surface area contributed by atoms with Crippen molar-refractivity contribution in [1.82, 2.24) is 0 Å². The highest BCUT2D eigenvalue weighted by Crippen LogP contribution is 2.32. The molecule has 1 aliphatic rings. The average Bonchev–Trinajstić information content (AvgIpc) is 2.68. The summed E-state index contributed by atoms with van der Waals surface area (Å²) >= 11 is 0. The molecule has 146 valence electrons. The molecule has 0 saturated carbocycles. The van der Waals surface area contributed by atoms with E-state index >= 15 is 0 Å². The van der Waals surface area contributed by atoms with Crippen molar-refractivity contribution in [3.63, 3.8) is 0 Å². The lowest BCUT2D eigenvalue weighted by atomic mass is 10.2. The Hall–Kier alpha value is -2.45. The Bertz CT molecular complexity index is 908. The van der Waals surface area contributed by atoms with Crippen LogP contribution in [0.15, 0.2) is 41.3 Å². The number of nitrogens with zero attached hydrogens (tertiary/aromatic N) is 1. The molecular formula is C19H24N2O5S. The standard InChI is InChI=1S/C19H24N2O5S/c1-14-12-16(5-7-18(14)24-2)27(22,23)20-17-13-15(4-6-19(17)25-3)21-8-10-26-11-9-21/h4-7,12-13,20H,8-11H2,1-3H3. The average molecular weight is 392 g/mol. The molecule has 27 heavy (non-hydrogen) atoms. The zero-order chi connectivity index (χ0) is 19.4. The van der Waals surface area contributed by atoms with Gasteiger partial charge < -0.3 is 19.1 Å². The quantitative estimate of drug-likeness (QED) is 0.814. The lowest BCUT2D eigenvalue weighted by Crippen LogP contribution is -2.36. The number of rotatable bonds is 6. The Morgan fingerprint density at radius 2 is 1.67 bits per heavy atom. The zero-order valence-corrected chi connectivity index (χ0v) is 16.5. The van der Waals surface area contributed by atoms with Gasteiger partial charge in [0.15, 0.2) is 0 Å². The zero-order valence-electron chi connectivity index (χ0n) is 15.7. The molecule has 2 aromatic carbocycles. The van der Waals surface area contributed by atoms with Crippen LogP contribution in [0.4, 0.5) is 11.4 Å². The maximum absolute atomic E-state index is 12.9. The fraction of sp³-hybridized carbons (Fsp3) is 0.368. The van der Waals surface area contributed by atoms with Crippen LogP contribution < -0.4 is 19.1 Å². The first-order valence-corrected chi connectivity index (χ1v) is 10.1. The molecule has 0 unspecified atom stereocenters. The molecule has 1 aliphatic heterocycles. The van der Waals surface area contributed by atoms with Crippen molar-refractivity contribution in [2.45, 2.75) is 11.8 Å². The summed E-state index contributed by atoms with van der Waals surface area (Å²) in [5.41, 5.74) is 2.06. The van der Waals surface area contributed by atoms with Gasteiger partial charge in [-0.05, 0) is 48.9 Å². The second-order valence-corrected chi connectivity index (χ2v) is 7.90. The van der Waals surface area contributed by atoms with E-state index in [9.17, 15) is 8.42 Å². The van der Waals surface area contributed by atoms with Crippen molar-refractivity contribution in [3.8, 4) is 11.5 Å². The molecule has 0 amide bonds. The van der Waals surface area contributed by atoms with Crippen molar-refractivity contribution in [3.05, 3.63) is 42.0 Å². The van der Waals surface area contributed by atoms with Gasteiger partial charge in [0.25, 0.3) is 10.0 Å². The Balaban J connectivity index is 1.91. The van der Waals surface area contributed by atoms with Crippen molar-refractivity contribution in [2.75, 3.05) is 50.1 Å². The fourth-order valence-corrected chi connectivity index (χ4v) is 4.16. The van der Waals surface area contributed by atoms with Crippen LogP contribution in [0.25, 0.3) is 0 Å². The number of anilines is 2. The topological polar surface area (TPSA) is 77.1 Å². The number of methoxy groups -OCH3 is 2. The van der Waals surface area contributed by atoms with Crippen LogP contribution in [0.3, 0.4) is 0 Å². The normalized spacial score (nSPS) is 14.7.